The van der Waals surface area contributed by atoms with Gasteiger partial charge in [0.15, 0.2) is 0 Å². The predicted octanol–water partition coefficient (Wildman–Crippen LogP) is 8.78. The van der Waals surface area contributed by atoms with Crippen LogP contribution in [0.25, 0.3) is 0 Å². The van der Waals surface area contributed by atoms with Crippen LogP contribution in [-0.4, -0.2) is 6.17 Å². The summed E-state index contributed by atoms with van der Waals surface area (Å²) in [6.45, 7) is 4.49. The standard InChI is InChI=1S/C22H45F/c1-3-5-7-9-10-11-12-13-14-15-16-17-19-21-22(23)20-18-8-6-4-2/h22H,3-21H2,1-2H3. The third kappa shape index (κ3) is 19.9. The van der Waals surface area contributed by atoms with Gasteiger partial charge in [-0.1, -0.05) is 123 Å². The van der Waals surface area contributed by atoms with Crippen LogP contribution in [0.3, 0.4) is 0 Å². The zero-order valence-electron chi connectivity index (χ0n) is 16.4. The van der Waals surface area contributed by atoms with E-state index in [1.807, 2.05) is 0 Å². The molecule has 0 saturated carbocycles. The molecule has 0 saturated heterocycles. The summed E-state index contributed by atoms with van der Waals surface area (Å²) in [5.74, 6) is 0. The molecule has 0 rings (SSSR count). The average Bonchev–Trinajstić information content (AvgIpc) is 2.56. The molecule has 0 aliphatic heterocycles. The largest absolute Gasteiger partial charge is 0.247 e. The van der Waals surface area contributed by atoms with Gasteiger partial charge in [0.25, 0.3) is 0 Å². The van der Waals surface area contributed by atoms with Crippen LogP contribution in [0.5, 0.6) is 0 Å². The second kappa shape index (κ2) is 20.0. The van der Waals surface area contributed by atoms with Crippen molar-refractivity contribution in [3.63, 3.8) is 0 Å². The molecule has 0 spiro atoms. The Kier molecular flexibility index (Phi) is 19.9. The highest BCUT2D eigenvalue weighted by molar-refractivity contribution is 4.58. The molecule has 0 aliphatic rings. The van der Waals surface area contributed by atoms with Crippen LogP contribution < -0.4 is 0 Å². The van der Waals surface area contributed by atoms with Crippen LogP contribution in [0.1, 0.15) is 136 Å². The van der Waals surface area contributed by atoms with Gasteiger partial charge in [0.05, 0.1) is 0 Å². The molecule has 0 N–H and O–H groups in total. The van der Waals surface area contributed by atoms with Crippen molar-refractivity contribution in [3.8, 4) is 0 Å². The van der Waals surface area contributed by atoms with Gasteiger partial charge in [-0.15, -0.1) is 0 Å². The average molecular weight is 329 g/mol. The summed E-state index contributed by atoms with van der Waals surface area (Å²) in [7, 11) is 0. The Bertz CT molecular complexity index is 202. The topological polar surface area (TPSA) is 0 Å². The van der Waals surface area contributed by atoms with Gasteiger partial charge in [0, 0.05) is 0 Å². The summed E-state index contributed by atoms with van der Waals surface area (Å²) >= 11 is 0. The van der Waals surface area contributed by atoms with Gasteiger partial charge in [0.2, 0.25) is 0 Å². The Hall–Kier alpha value is -0.0700. The third-order valence-corrected chi connectivity index (χ3v) is 4.99. The van der Waals surface area contributed by atoms with Gasteiger partial charge in [0.1, 0.15) is 6.17 Å². The summed E-state index contributed by atoms with van der Waals surface area (Å²) in [6.07, 6.45) is 23.7. The summed E-state index contributed by atoms with van der Waals surface area (Å²) < 4.78 is 13.7. The lowest BCUT2D eigenvalue weighted by Gasteiger charge is -2.08. The maximum Gasteiger partial charge on any atom is 0.100 e. The van der Waals surface area contributed by atoms with Crippen molar-refractivity contribution in [3.05, 3.63) is 0 Å². The molecule has 0 aromatic rings. The fraction of sp³-hybridized carbons (Fsp3) is 1.00. The Morgan fingerprint density at radius 3 is 1.04 bits per heavy atom. The summed E-state index contributed by atoms with van der Waals surface area (Å²) in [5.41, 5.74) is 0. The fourth-order valence-electron chi connectivity index (χ4n) is 3.32. The highest BCUT2D eigenvalue weighted by atomic mass is 19.1. The third-order valence-electron chi connectivity index (χ3n) is 4.99. The first-order valence-electron chi connectivity index (χ1n) is 10.9. The van der Waals surface area contributed by atoms with Crippen molar-refractivity contribution in [2.45, 2.75) is 142 Å². The zero-order chi connectivity index (χ0) is 17.0. The Labute approximate surface area is 147 Å². The van der Waals surface area contributed by atoms with Gasteiger partial charge < -0.3 is 0 Å². The number of alkyl halides is 1. The molecule has 1 heteroatoms. The van der Waals surface area contributed by atoms with Crippen LogP contribution in [0, 0.1) is 0 Å². The molecule has 0 amide bonds. The van der Waals surface area contributed by atoms with Gasteiger partial charge in [-0.2, -0.15) is 0 Å². The first-order chi connectivity index (χ1) is 11.3. The second-order valence-electron chi connectivity index (χ2n) is 7.48. The van der Waals surface area contributed by atoms with E-state index in [-0.39, 0.29) is 0 Å². The van der Waals surface area contributed by atoms with Crippen LogP contribution in [0.4, 0.5) is 4.39 Å². The van der Waals surface area contributed by atoms with Crippen molar-refractivity contribution >= 4 is 0 Å². The van der Waals surface area contributed by atoms with Crippen molar-refractivity contribution in [1.82, 2.24) is 0 Å². The van der Waals surface area contributed by atoms with E-state index in [9.17, 15) is 4.39 Å². The number of rotatable bonds is 19. The first-order valence-corrected chi connectivity index (χ1v) is 10.9. The van der Waals surface area contributed by atoms with E-state index in [1.165, 1.54) is 96.3 Å². The Morgan fingerprint density at radius 2 is 0.696 bits per heavy atom. The minimum atomic E-state index is -0.528. The van der Waals surface area contributed by atoms with Gasteiger partial charge in [-0.3, -0.25) is 0 Å². The molecular weight excluding hydrogens is 283 g/mol. The van der Waals surface area contributed by atoms with E-state index in [1.54, 1.807) is 0 Å². The normalized spacial score (nSPS) is 12.7. The molecular formula is C22H45F. The molecule has 0 bridgehead atoms. The number of unbranched alkanes of at least 4 members (excludes halogenated alkanes) is 15. The molecule has 0 aliphatic carbocycles. The molecule has 0 heterocycles. The summed E-state index contributed by atoms with van der Waals surface area (Å²) in [4.78, 5) is 0. The summed E-state index contributed by atoms with van der Waals surface area (Å²) in [5, 5.41) is 0. The van der Waals surface area contributed by atoms with E-state index in [0.29, 0.717) is 0 Å². The second-order valence-corrected chi connectivity index (χ2v) is 7.48. The highest BCUT2D eigenvalue weighted by Crippen LogP contribution is 2.16. The minimum absolute atomic E-state index is 0.528. The van der Waals surface area contributed by atoms with Crippen molar-refractivity contribution in [1.29, 1.82) is 0 Å². The molecule has 0 fully saturated rings. The van der Waals surface area contributed by atoms with E-state index >= 15 is 0 Å². The molecule has 0 aromatic heterocycles. The van der Waals surface area contributed by atoms with Gasteiger partial charge in [-0.05, 0) is 12.8 Å². The Balaban J connectivity index is 3.07. The fourth-order valence-corrected chi connectivity index (χ4v) is 3.32. The molecule has 0 radical (unpaired) electrons. The van der Waals surface area contributed by atoms with Crippen molar-refractivity contribution in [2.24, 2.45) is 0 Å². The first kappa shape index (κ1) is 22.9. The molecule has 0 aromatic carbocycles. The van der Waals surface area contributed by atoms with Gasteiger partial charge >= 0.3 is 0 Å². The smallest absolute Gasteiger partial charge is 0.100 e. The lowest BCUT2D eigenvalue weighted by molar-refractivity contribution is 0.279. The van der Waals surface area contributed by atoms with Crippen molar-refractivity contribution in [2.75, 3.05) is 0 Å². The van der Waals surface area contributed by atoms with E-state index < -0.39 is 6.17 Å². The van der Waals surface area contributed by atoms with E-state index in [0.717, 1.165) is 25.7 Å². The minimum Gasteiger partial charge on any atom is -0.247 e. The molecule has 1 unspecified atom stereocenters. The van der Waals surface area contributed by atoms with E-state index in [4.69, 9.17) is 0 Å². The monoisotopic (exact) mass is 328 g/mol. The summed E-state index contributed by atoms with van der Waals surface area (Å²) in [6, 6.07) is 0. The predicted molar refractivity (Wildman–Crippen MR) is 104 cm³/mol. The van der Waals surface area contributed by atoms with Crippen LogP contribution in [0.2, 0.25) is 0 Å². The molecule has 0 nitrogen and oxygen atoms in total. The van der Waals surface area contributed by atoms with Crippen LogP contribution in [-0.2, 0) is 0 Å². The van der Waals surface area contributed by atoms with Crippen molar-refractivity contribution < 1.29 is 4.39 Å². The molecule has 140 valence electrons. The quantitative estimate of drug-likeness (QED) is 0.208. The lowest BCUT2D eigenvalue weighted by atomic mass is 10.0. The molecule has 1 atom stereocenters. The Morgan fingerprint density at radius 1 is 0.435 bits per heavy atom. The zero-order valence-corrected chi connectivity index (χ0v) is 16.4. The maximum absolute atomic E-state index is 13.7. The highest BCUT2D eigenvalue weighted by Gasteiger charge is 2.05. The SMILES string of the molecule is CCCCCCCCCCCCCCCC(F)CCCCCC. The van der Waals surface area contributed by atoms with E-state index in [2.05, 4.69) is 13.8 Å². The van der Waals surface area contributed by atoms with Gasteiger partial charge in [-0.25, -0.2) is 4.39 Å². The number of hydrogen-bond acceptors (Lipinski definition) is 0. The van der Waals surface area contributed by atoms with Crippen LogP contribution in [0.15, 0.2) is 0 Å². The maximum atomic E-state index is 13.7. The molecule has 23 heavy (non-hydrogen) atoms. The van der Waals surface area contributed by atoms with Crippen LogP contribution >= 0.6 is 0 Å². The lowest BCUT2D eigenvalue weighted by Crippen LogP contribution is -1.99. The number of halogens is 1. The number of hydrogen-bond donors (Lipinski definition) is 0.